The van der Waals surface area contributed by atoms with Gasteiger partial charge in [0.05, 0.1) is 25.4 Å². The van der Waals surface area contributed by atoms with Crippen molar-refractivity contribution in [2.24, 2.45) is 0 Å². The summed E-state index contributed by atoms with van der Waals surface area (Å²) < 4.78 is 5.46. The van der Waals surface area contributed by atoms with Gasteiger partial charge in [-0.15, -0.1) is 0 Å². The minimum Gasteiger partial charge on any atom is -0.466 e. The Morgan fingerprint density at radius 2 is 0.746 bits per heavy atom. The number of carbonyl (C=O) groups excluding carboxylic acids is 2. The Bertz CT molecular complexity index is 1090. The molecule has 0 aliphatic rings. The number of esters is 1. The maximum absolute atomic E-state index is 12.5. The van der Waals surface area contributed by atoms with Crippen molar-refractivity contribution < 1.29 is 24.5 Å². The van der Waals surface area contributed by atoms with E-state index in [0.717, 1.165) is 83.5 Å². The van der Waals surface area contributed by atoms with Crippen molar-refractivity contribution in [3.8, 4) is 0 Å². The van der Waals surface area contributed by atoms with Gasteiger partial charge in [0.15, 0.2) is 0 Å². The summed E-state index contributed by atoms with van der Waals surface area (Å²) in [6.07, 6.45) is 69.9. The molecule has 2 atom stereocenters. The Balaban J connectivity index is 3.50. The van der Waals surface area contributed by atoms with E-state index in [1.54, 1.807) is 0 Å². The molecule has 2 unspecified atom stereocenters. The van der Waals surface area contributed by atoms with Gasteiger partial charge in [-0.3, -0.25) is 9.59 Å². The van der Waals surface area contributed by atoms with Crippen LogP contribution in [0.5, 0.6) is 0 Å². The molecule has 0 rings (SSSR count). The molecule has 1 amide bonds. The summed E-state index contributed by atoms with van der Waals surface area (Å²) in [6.45, 7) is 4.90. The maximum atomic E-state index is 12.5. The second kappa shape index (κ2) is 56.7. The molecule has 0 bridgehead atoms. The smallest absolute Gasteiger partial charge is 0.305 e. The average molecular weight is 943 g/mol. The summed E-state index contributed by atoms with van der Waals surface area (Å²) in [7, 11) is 0. The van der Waals surface area contributed by atoms with Crippen LogP contribution in [-0.2, 0) is 14.3 Å². The first-order valence-electron chi connectivity index (χ1n) is 29.7. The molecule has 0 aliphatic carbocycles. The minimum atomic E-state index is -0.684. The number of nitrogens with one attached hydrogen (secondary N) is 1. The molecule has 0 aliphatic heterocycles. The van der Waals surface area contributed by atoms with Crippen LogP contribution >= 0.6 is 0 Å². The molecule has 3 N–H and O–H groups in total. The van der Waals surface area contributed by atoms with Gasteiger partial charge in [0, 0.05) is 12.8 Å². The van der Waals surface area contributed by atoms with Gasteiger partial charge in [0.2, 0.25) is 5.91 Å². The van der Waals surface area contributed by atoms with Crippen LogP contribution in [0.2, 0.25) is 0 Å². The molecule has 67 heavy (non-hydrogen) atoms. The third-order valence-corrected chi connectivity index (χ3v) is 13.7. The highest BCUT2D eigenvalue weighted by Gasteiger charge is 2.20. The zero-order valence-electron chi connectivity index (χ0n) is 44.9. The number of carbonyl (C=O) groups is 2. The number of unbranched alkanes of at least 4 members (excludes halogenated alkanes) is 38. The van der Waals surface area contributed by atoms with Crippen LogP contribution in [0.4, 0.5) is 0 Å². The first-order chi connectivity index (χ1) is 33.0. The fourth-order valence-corrected chi connectivity index (χ4v) is 9.08. The third kappa shape index (κ3) is 53.3. The van der Waals surface area contributed by atoms with Crippen molar-refractivity contribution in [2.45, 2.75) is 328 Å². The summed E-state index contributed by atoms with van der Waals surface area (Å²) in [4.78, 5) is 24.6. The standard InChI is InChI=1S/C61H115NO5/c1-3-5-7-9-11-13-15-17-19-21-22-23-24-25-26-29-33-37-41-45-49-53-59(64)58(57-63)62-60(65)54-50-46-42-38-34-30-28-32-36-40-44-48-52-56-67-61(66)55-51-47-43-39-35-31-27-20-18-16-14-12-10-8-6-4-2/h14,16,20,27,30,34,58-59,63-64H,3-13,15,17-19,21-26,28-29,31-33,35-57H2,1-2H3,(H,62,65)/b16-14-,27-20-,34-30-. The molecule has 0 aromatic carbocycles. The maximum Gasteiger partial charge on any atom is 0.305 e. The van der Waals surface area contributed by atoms with Gasteiger partial charge in [-0.25, -0.2) is 0 Å². The highest BCUT2D eigenvalue weighted by atomic mass is 16.5. The van der Waals surface area contributed by atoms with E-state index in [1.807, 2.05) is 0 Å². The predicted octanol–water partition coefficient (Wildman–Crippen LogP) is 18.4. The number of aliphatic hydroxyl groups is 2. The van der Waals surface area contributed by atoms with E-state index < -0.39 is 12.1 Å². The molecule has 0 aromatic rings. The second-order valence-electron chi connectivity index (χ2n) is 20.3. The average Bonchev–Trinajstić information content (AvgIpc) is 3.33. The van der Waals surface area contributed by atoms with Crippen LogP contribution in [-0.4, -0.2) is 47.4 Å². The van der Waals surface area contributed by atoms with Crippen LogP contribution in [0.15, 0.2) is 36.5 Å². The Hall–Kier alpha value is -1.92. The highest BCUT2D eigenvalue weighted by Crippen LogP contribution is 2.17. The minimum absolute atomic E-state index is 0.0256. The fourth-order valence-electron chi connectivity index (χ4n) is 9.08. The van der Waals surface area contributed by atoms with Crippen molar-refractivity contribution in [3.05, 3.63) is 36.5 Å². The Kier molecular flexibility index (Phi) is 55.0. The molecule has 0 radical (unpaired) electrons. The molecule has 0 aromatic heterocycles. The van der Waals surface area contributed by atoms with Crippen LogP contribution in [0.3, 0.4) is 0 Å². The number of hydrogen-bond donors (Lipinski definition) is 3. The van der Waals surface area contributed by atoms with E-state index in [-0.39, 0.29) is 18.5 Å². The molecule has 0 saturated carbocycles. The third-order valence-electron chi connectivity index (χ3n) is 13.7. The van der Waals surface area contributed by atoms with Gasteiger partial charge >= 0.3 is 5.97 Å². The molecule has 6 nitrogen and oxygen atoms in total. The van der Waals surface area contributed by atoms with Crippen LogP contribution in [0.25, 0.3) is 0 Å². The largest absolute Gasteiger partial charge is 0.466 e. The number of amides is 1. The van der Waals surface area contributed by atoms with Gasteiger partial charge in [-0.2, -0.15) is 0 Å². The summed E-state index contributed by atoms with van der Waals surface area (Å²) in [6, 6.07) is -0.564. The molecule has 0 spiro atoms. The zero-order valence-corrected chi connectivity index (χ0v) is 44.9. The van der Waals surface area contributed by atoms with Crippen molar-refractivity contribution in [1.29, 1.82) is 0 Å². The van der Waals surface area contributed by atoms with Gasteiger partial charge in [-0.1, -0.05) is 256 Å². The first kappa shape index (κ1) is 65.1. The van der Waals surface area contributed by atoms with E-state index in [9.17, 15) is 19.8 Å². The molecular formula is C61H115NO5. The van der Waals surface area contributed by atoms with E-state index in [1.165, 1.54) is 199 Å². The van der Waals surface area contributed by atoms with E-state index >= 15 is 0 Å². The number of rotatable bonds is 55. The molecule has 394 valence electrons. The monoisotopic (exact) mass is 942 g/mol. The SMILES string of the molecule is CCCCCC/C=C\C/C=C\CCCCCCCC(=O)OCCCCCCCC/C=C\CCCCCC(=O)NC(CO)C(O)CCCCCCCCCCCCCCCCCCCCCCC. The van der Waals surface area contributed by atoms with Crippen LogP contribution in [0.1, 0.15) is 316 Å². The lowest BCUT2D eigenvalue weighted by Gasteiger charge is -2.22. The lowest BCUT2D eigenvalue weighted by atomic mass is 10.0. The molecule has 0 heterocycles. The quantitative estimate of drug-likeness (QED) is 0.0321. The van der Waals surface area contributed by atoms with Gasteiger partial charge in [0.1, 0.15) is 0 Å². The normalized spacial score (nSPS) is 12.8. The summed E-state index contributed by atoms with van der Waals surface area (Å²) in [5, 5.41) is 23.3. The second-order valence-corrected chi connectivity index (χ2v) is 20.3. The lowest BCUT2D eigenvalue weighted by molar-refractivity contribution is -0.143. The fraction of sp³-hybridized carbons (Fsp3) is 0.869. The van der Waals surface area contributed by atoms with Crippen molar-refractivity contribution in [3.63, 3.8) is 0 Å². The number of hydrogen-bond acceptors (Lipinski definition) is 5. The zero-order chi connectivity index (χ0) is 48.6. The Labute approximate surface area is 417 Å². The summed E-state index contributed by atoms with van der Waals surface area (Å²) in [5.74, 6) is -0.0891. The van der Waals surface area contributed by atoms with E-state index in [4.69, 9.17) is 4.74 Å². The van der Waals surface area contributed by atoms with Gasteiger partial charge < -0.3 is 20.3 Å². The van der Waals surface area contributed by atoms with E-state index in [2.05, 4.69) is 55.6 Å². The first-order valence-corrected chi connectivity index (χ1v) is 29.7. The highest BCUT2D eigenvalue weighted by molar-refractivity contribution is 5.76. The number of ether oxygens (including phenoxy) is 1. The molecule has 0 fully saturated rings. The van der Waals surface area contributed by atoms with E-state index in [0.29, 0.717) is 25.9 Å². The summed E-state index contributed by atoms with van der Waals surface area (Å²) in [5.41, 5.74) is 0. The van der Waals surface area contributed by atoms with Crippen molar-refractivity contribution in [1.82, 2.24) is 5.32 Å². The Morgan fingerprint density at radius 1 is 0.418 bits per heavy atom. The van der Waals surface area contributed by atoms with Gasteiger partial charge in [0.25, 0.3) is 0 Å². The Morgan fingerprint density at radius 3 is 1.18 bits per heavy atom. The molecule has 0 saturated heterocycles. The van der Waals surface area contributed by atoms with Gasteiger partial charge in [-0.05, 0) is 83.5 Å². The molecule has 6 heteroatoms. The molecular weight excluding hydrogens is 827 g/mol. The van der Waals surface area contributed by atoms with Crippen molar-refractivity contribution in [2.75, 3.05) is 13.2 Å². The predicted molar refractivity (Wildman–Crippen MR) is 292 cm³/mol. The van der Waals surface area contributed by atoms with Crippen LogP contribution < -0.4 is 5.32 Å². The number of aliphatic hydroxyl groups excluding tert-OH is 2. The topological polar surface area (TPSA) is 95.9 Å². The number of allylic oxidation sites excluding steroid dienone is 6. The van der Waals surface area contributed by atoms with Crippen molar-refractivity contribution >= 4 is 11.9 Å². The lowest BCUT2D eigenvalue weighted by Crippen LogP contribution is -2.45. The van der Waals surface area contributed by atoms with Crippen LogP contribution in [0, 0.1) is 0 Å². The summed E-state index contributed by atoms with van der Waals surface area (Å²) >= 11 is 0.